The van der Waals surface area contributed by atoms with Gasteiger partial charge in [-0.3, -0.25) is 0 Å². The molecule has 3 rings (SSSR count). The number of unbranched alkanes of at least 4 members (excludes halogenated alkanes) is 2. The molecule has 0 aliphatic heterocycles. The van der Waals surface area contributed by atoms with Crippen molar-refractivity contribution in [2.45, 2.75) is 59.3 Å². The first-order valence-corrected chi connectivity index (χ1v) is 11.0. The summed E-state index contributed by atoms with van der Waals surface area (Å²) in [7, 11) is 0. The zero-order valence-corrected chi connectivity index (χ0v) is 18.5. The number of fused-ring (bicyclic) bond motifs is 2. The van der Waals surface area contributed by atoms with Crippen LogP contribution in [0.15, 0.2) is 35.9 Å². The van der Waals surface area contributed by atoms with Crippen LogP contribution in [-0.2, 0) is 22.3 Å². The molecule has 0 spiro atoms. The third-order valence-electron chi connectivity index (χ3n) is 5.25. The molecule has 166 valence electrons. The highest BCUT2D eigenvalue weighted by molar-refractivity contribution is 5.98. The molecule has 0 amide bonds. The maximum atomic E-state index is 12.3. The van der Waals surface area contributed by atoms with Crippen LogP contribution in [-0.4, -0.2) is 25.5 Å². The molecule has 1 aliphatic rings. The van der Waals surface area contributed by atoms with Crippen LogP contribution in [0.3, 0.4) is 0 Å². The fourth-order valence-electron chi connectivity index (χ4n) is 3.57. The standard InChI is InChI=1S/C25H30O6/c1-4-6-14-28-24(26)30-22-18-10-8-9-11-19(18)23(31-25(27)29-15-7-5-2)21-16-17(3)12-13-20(21)22/h8-12H,4-7,13-16H2,1-3H3. The van der Waals surface area contributed by atoms with E-state index in [1.807, 2.05) is 45.0 Å². The van der Waals surface area contributed by atoms with Crippen molar-refractivity contribution in [3.05, 3.63) is 47.0 Å². The molecule has 0 fully saturated rings. The Labute approximate surface area is 183 Å². The van der Waals surface area contributed by atoms with E-state index in [4.69, 9.17) is 18.9 Å². The fraction of sp³-hybridized carbons (Fsp3) is 0.440. The Morgan fingerprint density at radius 2 is 1.35 bits per heavy atom. The zero-order valence-electron chi connectivity index (χ0n) is 18.5. The SMILES string of the molecule is CCCCOC(=O)Oc1c2c(c(OC(=O)OCCCC)c3ccccc13)CC(C)=CC2. The normalized spacial score (nSPS) is 12.7. The predicted octanol–water partition coefficient (Wildman–Crippen LogP) is 6.52. The summed E-state index contributed by atoms with van der Waals surface area (Å²) in [6.07, 6.45) is 5.23. The highest BCUT2D eigenvalue weighted by Crippen LogP contribution is 2.44. The van der Waals surface area contributed by atoms with Gasteiger partial charge in [0.25, 0.3) is 0 Å². The molecule has 0 saturated heterocycles. The van der Waals surface area contributed by atoms with Crippen LogP contribution in [0.5, 0.6) is 11.5 Å². The Kier molecular flexibility index (Phi) is 7.93. The van der Waals surface area contributed by atoms with Crippen LogP contribution in [0.1, 0.15) is 57.6 Å². The molecular weight excluding hydrogens is 396 g/mol. The van der Waals surface area contributed by atoms with Gasteiger partial charge in [0.15, 0.2) is 0 Å². The Hall–Kier alpha value is -3.02. The first-order valence-electron chi connectivity index (χ1n) is 11.0. The molecule has 6 heteroatoms. The summed E-state index contributed by atoms with van der Waals surface area (Å²) in [4.78, 5) is 24.7. The second-order valence-corrected chi connectivity index (χ2v) is 7.70. The summed E-state index contributed by atoms with van der Waals surface area (Å²) in [6, 6.07) is 7.42. The number of hydrogen-bond donors (Lipinski definition) is 0. The number of hydrogen-bond acceptors (Lipinski definition) is 6. The minimum atomic E-state index is -0.722. The van der Waals surface area contributed by atoms with Crippen molar-refractivity contribution >= 4 is 23.1 Å². The molecule has 0 radical (unpaired) electrons. The van der Waals surface area contributed by atoms with Crippen LogP contribution < -0.4 is 9.47 Å². The summed E-state index contributed by atoms with van der Waals surface area (Å²) in [5.74, 6) is 0.925. The molecule has 0 N–H and O–H groups in total. The largest absolute Gasteiger partial charge is 0.513 e. The highest BCUT2D eigenvalue weighted by Gasteiger charge is 2.26. The summed E-state index contributed by atoms with van der Waals surface area (Å²) in [6.45, 7) is 6.72. The minimum absolute atomic E-state index is 0.319. The van der Waals surface area contributed by atoms with Gasteiger partial charge >= 0.3 is 12.3 Å². The lowest BCUT2D eigenvalue weighted by Gasteiger charge is -2.23. The molecule has 0 bridgehead atoms. The molecule has 1 aliphatic carbocycles. The average Bonchev–Trinajstić information content (AvgIpc) is 2.76. The number of ether oxygens (including phenoxy) is 4. The van der Waals surface area contributed by atoms with Gasteiger partial charge < -0.3 is 18.9 Å². The molecule has 6 nitrogen and oxygen atoms in total. The van der Waals surface area contributed by atoms with Crippen LogP contribution in [0.2, 0.25) is 0 Å². The van der Waals surface area contributed by atoms with Gasteiger partial charge in [0.1, 0.15) is 11.5 Å². The maximum Gasteiger partial charge on any atom is 0.513 e. The molecule has 31 heavy (non-hydrogen) atoms. The number of carbonyl (C=O) groups is 2. The quantitative estimate of drug-likeness (QED) is 0.207. The monoisotopic (exact) mass is 426 g/mol. The number of rotatable bonds is 8. The van der Waals surface area contributed by atoms with Gasteiger partial charge in [-0.2, -0.15) is 0 Å². The van der Waals surface area contributed by atoms with Gasteiger partial charge in [0.2, 0.25) is 0 Å². The number of carbonyl (C=O) groups excluding carboxylic acids is 2. The van der Waals surface area contributed by atoms with E-state index in [9.17, 15) is 9.59 Å². The van der Waals surface area contributed by atoms with Crippen molar-refractivity contribution in [3.8, 4) is 11.5 Å². The molecule has 2 aromatic rings. The average molecular weight is 427 g/mol. The topological polar surface area (TPSA) is 71.1 Å². The predicted molar refractivity (Wildman–Crippen MR) is 119 cm³/mol. The van der Waals surface area contributed by atoms with E-state index >= 15 is 0 Å². The second-order valence-electron chi connectivity index (χ2n) is 7.70. The van der Waals surface area contributed by atoms with Crippen LogP contribution in [0.25, 0.3) is 10.8 Å². The molecule has 0 aromatic heterocycles. The Bertz CT molecular complexity index is 976. The van der Waals surface area contributed by atoms with Gasteiger partial charge in [-0.05, 0) is 32.6 Å². The number of allylic oxidation sites excluding steroid dienone is 2. The van der Waals surface area contributed by atoms with Crippen LogP contribution >= 0.6 is 0 Å². The van der Waals surface area contributed by atoms with Crippen molar-refractivity contribution in [1.82, 2.24) is 0 Å². The highest BCUT2D eigenvalue weighted by atomic mass is 16.7. The van der Waals surface area contributed by atoms with Crippen molar-refractivity contribution < 1.29 is 28.5 Å². The smallest absolute Gasteiger partial charge is 0.434 e. The molecular formula is C25H30O6. The van der Waals surface area contributed by atoms with Gasteiger partial charge in [0.05, 0.1) is 13.2 Å². The van der Waals surface area contributed by atoms with E-state index in [1.165, 1.54) is 0 Å². The van der Waals surface area contributed by atoms with E-state index < -0.39 is 12.3 Å². The summed E-state index contributed by atoms with van der Waals surface area (Å²) < 4.78 is 21.8. The lowest BCUT2D eigenvalue weighted by molar-refractivity contribution is 0.0958. The molecule has 2 aromatic carbocycles. The lowest BCUT2D eigenvalue weighted by atomic mass is 9.87. The van der Waals surface area contributed by atoms with Gasteiger partial charge in [-0.15, -0.1) is 0 Å². The Balaban J connectivity index is 2.00. The van der Waals surface area contributed by atoms with Gasteiger partial charge in [0, 0.05) is 21.9 Å². The first kappa shape index (κ1) is 22.7. The minimum Gasteiger partial charge on any atom is -0.434 e. The maximum absolute atomic E-state index is 12.3. The van der Waals surface area contributed by atoms with E-state index in [2.05, 4.69) is 6.08 Å². The zero-order chi connectivity index (χ0) is 22.2. The Morgan fingerprint density at radius 3 is 1.87 bits per heavy atom. The van der Waals surface area contributed by atoms with Crippen LogP contribution in [0.4, 0.5) is 9.59 Å². The van der Waals surface area contributed by atoms with E-state index in [-0.39, 0.29) is 0 Å². The summed E-state index contributed by atoms with van der Waals surface area (Å²) in [5, 5.41) is 1.39. The summed E-state index contributed by atoms with van der Waals surface area (Å²) in [5.41, 5.74) is 2.82. The van der Waals surface area contributed by atoms with Crippen molar-refractivity contribution in [3.63, 3.8) is 0 Å². The van der Waals surface area contributed by atoms with Crippen LogP contribution in [0, 0.1) is 0 Å². The van der Waals surface area contributed by atoms with Gasteiger partial charge in [-0.1, -0.05) is 62.6 Å². The third kappa shape index (κ3) is 5.57. The third-order valence-corrected chi connectivity index (χ3v) is 5.25. The van der Waals surface area contributed by atoms with Crippen molar-refractivity contribution in [2.75, 3.05) is 13.2 Å². The molecule has 0 atom stereocenters. The van der Waals surface area contributed by atoms with Crippen molar-refractivity contribution in [1.29, 1.82) is 0 Å². The summed E-state index contributed by atoms with van der Waals surface area (Å²) >= 11 is 0. The first-order chi connectivity index (χ1) is 15.0. The lowest BCUT2D eigenvalue weighted by Crippen LogP contribution is -2.17. The van der Waals surface area contributed by atoms with E-state index in [1.54, 1.807) is 0 Å². The molecule has 0 saturated carbocycles. The number of benzene rings is 2. The fourth-order valence-corrected chi connectivity index (χ4v) is 3.57. The van der Waals surface area contributed by atoms with Gasteiger partial charge in [-0.25, -0.2) is 9.59 Å². The second kappa shape index (κ2) is 10.8. The van der Waals surface area contributed by atoms with E-state index in [0.717, 1.165) is 42.4 Å². The Morgan fingerprint density at radius 1 is 0.839 bits per heavy atom. The van der Waals surface area contributed by atoms with E-state index in [0.29, 0.717) is 48.3 Å². The molecule has 0 heterocycles. The van der Waals surface area contributed by atoms with Crippen molar-refractivity contribution in [2.24, 2.45) is 0 Å². The molecule has 0 unspecified atom stereocenters.